The van der Waals surface area contributed by atoms with Crippen LogP contribution in [0.25, 0.3) is 0 Å². The molecule has 1 aliphatic rings. The van der Waals surface area contributed by atoms with Crippen LogP contribution >= 0.6 is 23.2 Å². The zero-order valence-corrected chi connectivity index (χ0v) is 14.9. The number of ether oxygens (including phenoxy) is 1. The summed E-state index contributed by atoms with van der Waals surface area (Å²) < 4.78 is 5.43. The predicted octanol–water partition coefficient (Wildman–Crippen LogP) is 4.44. The summed E-state index contributed by atoms with van der Waals surface area (Å²) in [5.74, 6) is 0. The number of amides is 1. The molecule has 122 valence electrons. The van der Waals surface area contributed by atoms with Crippen molar-refractivity contribution in [2.24, 2.45) is 0 Å². The summed E-state index contributed by atoms with van der Waals surface area (Å²) in [6.07, 6.45) is -0.256. The largest absolute Gasteiger partial charge is 0.444 e. The van der Waals surface area contributed by atoms with Gasteiger partial charge < -0.3 is 14.5 Å². The smallest absolute Gasteiger partial charge is 0.410 e. The molecule has 2 rings (SSSR count). The lowest BCUT2D eigenvalue weighted by atomic mass is 10.1. The molecule has 1 atom stereocenters. The van der Waals surface area contributed by atoms with E-state index in [1.807, 2.05) is 32.9 Å². The molecule has 1 aliphatic heterocycles. The van der Waals surface area contributed by atoms with E-state index in [2.05, 4.69) is 11.8 Å². The molecule has 1 unspecified atom stereocenters. The summed E-state index contributed by atoms with van der Waals surface area (Å²) in [5, 5.41) is 1.09. The quantitative estimate of drug-likeness (QED) is 0.754. The number of nitrogens with zero attached hydrogens (tertiary/aromatic N) is 2. The third kappa shape index (κ3) is 4.20. The number of benzene rings is 1. The molecule has 1 fully saturated rings. The van der Waals surface area contributed by atoms with Crippen molar-refractivity contribution in [3.63, 3.8) is 0 Å². The molecule has 1 aromatic carbocycles. The zero-order valence-electron chi connectivity index (χ0n) is 13.4. The van der Waals surface area contributed by atoms with E-state index < -0.39 is 5.60 Å². The molecular formula is C16H22Cl2N2O2. The minimum atomic E-state index is -0.471. The number of rotatable bonds is 1. The number of piperazine rings is 1. The third-order valence-electron chi connectivity index (χ3n) is 3.51. The molecular weight excluding hydrogens is 323 g/mol. The summed E-state index contributed by atoms with van der Waals surface area (Å²) in [6.45, 7) is 9.69. The third-order valence-corrected chi connectivity index (χ3v) is 4.25. The number of halogens is 2. The highest BCUT2D eigenvalue weighted by Gasteiger charge is 2.30. The molecule has 1 aromatic rings. The SMILES string of the molecule is CC1CN(C(=O)OC(C)(C)C)CCN1c1ccc(Cl)c(Cl)c1. The maximum Gasteiger partial charge on any atom is 0.410 e. The van der Waals surface area contributed by atoms with E-state index in [9.17, 15) is 4.79 Å². The summed E-state index contributed by atoms with van der Waals surface area (Å²) in [5.41, 5.74) is 0.548. The van der Waals surface area contributed by atoms with Crippen LogP contribution in [0.4, 0.5) is 10.5 Å². The fourth-order valence-electron chi connectivity index (χ4n) is 2.50. The van der Waals surface area contributed by atoms with E-state index in [1.165, 1.54) is 0 Å². The first kappa shape index (κ1) is 17.2. The van der Waals surface area contributed by atoms with Crippen LogP contribution in [0, 0.1) is 0 Å². The van der Waals surface area contributed by atoms with E-state index in [0.717, 1.165) is 12.2 Å². The van der Waals surface area contributed by atoms with Gasteiger partial charge in [0.2, 0.25) is 0 Å². The zero-order chi connectivity index (χ0) is 16.5. The van der Waals surface area contributed by atoms with Crippen LogP contribution in [0.1, 0.15) is 27.7 Å². The molecule has 1 heterocycles. The van der Waals surface area contributed by atoms with Gasteiger partial charge in [-0.15, -0.1) is 0 Å². The molecule has 0 radical (unpaired) electrons. The summed E-state index contributed by atoms with van der Waals surface area (Å²) >= 11 is 12.1. The highest BCUT2D eigenvalue weighted by Crippen LogP contribution is 2.29. The first-order chi connectivity index (χ1) is 10.2. The van der Waals surface area contributed by atoms with Crippen LogP contribution in [0.5, 0.6) is 0 Å². The van der Waals surface area contributed by atoms with Crippen LogP contribution in [-0.2, 0) is 4.74 Å². The lowest BCUT2D eigenvalue weighted by Crippen LogP contribution is -2.54. The molecule has 1 saturated heterocycles. The average Bonchev–Trinajstić information content (AvgIpc) is 2.40. The molecule has 0 aromatic heterocycles. The van der Waals surface area contributed by atoms with Crippen LogP contribution < -0.4 is 4.90 Å². The van der Waals surface area contributed by atoms with E-state index >= 15 is 0 Å². The van der Waals surface area contributed by atoms with Crippen LogP contribution in [-0.4, -0.2) is 42.3 Å². The Labute approximate surface area is 141 Å². The van der Waals surface area contributed by atoms with Gasteiger partial charge in [0.05, 0.1) is 10.0 Å². The minimum absolute atomic E-state index is 0.179. The van der Waals surface area contributed by atoms with Gasteiger partial charge in [-0.3, -0.25) is 0 Å². The Balaban J connectivity index is 2.03. The number of hydrogen-bond donors (Lipinski definition) is 0. The van der Waals surface area contributed by atoms with Gasteiger partial charge in [0.15, 0.2) is 0 Å². The monoisotopic (exact) mass is 344 g/mol. The summed E-state index contributed by atoms with van der Waals surface area (Å²) in [4.78, 5) is 16.1. The fourth-order valence-corrected chi connectivity index (χ4v) is 2.79. The molecule has 22 heavy (non-hydrogen) atoms. The number of carbonyl (C=O) groups excluding carboxylic acids is 1. The Kier molecular flexibility index (Phi) is 5.13. The Bertz CT molecular complexity index is 558. The van der Waals surface area contributed by atoms with Crippen molar-refractivity contribution in [3.8, 4) is 0 Å². The second-order valence-corrected chi connectivity index (χ2v) is 7.38. The van der Waals surface area contributed by atoms with Crippen molar-refractivity contribution in [2.45, 2.75) is 39.3 Å². The number of anilines is 1. The Hall–Kier alpha value is -1.13. The van der Waals surface area contributed by atoms with Gasteiger partial charge >= 0.3 is 6.09 Å². The lowest BCUT2D eigenvalue weighted by molar-refractivity contribution is 0.0219. The molecule has 0 spiro atoms. The molecule has 6 heteroatoms. The van der Waals surface area contributed by atoms with E-state index in [-0.39, 0.29) is 12.1 Å². The van der Waals surface area contributed by atoms with E-state index in [0.29, 0.717) is 23.1 Å². The second kappa shape index (κ2) is 6.55. The first-order valence-corrected chi connectivity index (χ1v) is 8.12. The topological polar surface area (TPSA) is 32.8 Å². The minimum Gasteiger partial charge on any atom is -0.444 e. The van der Waals surface area contributed by atoms with Crippen molar-refractivity contribution in [1.82, 2.24) is 4.90 Å². The Morgan fingerprint density at radius 1 is 1.23 bits per heavy atom. The van der Waals surface area contributed by atoms with Crippen LogP contribution in [0.3, 0.4) is 0 Å². The molecule has 0 saturated carbocycles. The summed E-state index contributed by atoms with van der Waals surface area (Å²) in [7, 11) is 0. The normalized spacial score (nSPS) is 19.3. The van der Waals surface area contributed by atoms with Gasteiger partial charge in [-0.2, -0.15) is 0 Å². The maximum atomic E-state index is 12.1. The standard InChI is InChI=1S/C16H22Cl2N2O2/c1-11-10-19(15(21)22-16(2,3)4)7-8-20(11)12-5-6-13(17)14(18)9-12/h5-6,9,11H,7-8,10H2,1-4H3. The number of carbonyl (C=O) groups is 1. The van der Waals surface area contributed by atoms with Crippen LogP contribution in [0.15, 0.2) is 18.2 Å². The van der Waals surface area contributed by atoms with Crippen molar-refractivity contribution < 1.29 is 9.53 Å². The van der Waals surface area contributed by atoms with Gasteiger partial charge in [0.1, 0.15) is 5.60 Å². The Morgan fingerprint density at radius 2 is 1.91 bits per heavy atom. The molecule has 1 amide bonds. The number of hydrogen-bond acceptors (Lipinski definition) is 3. The first-order valence-electron chi connectivity index (χ1n) is 7.37. The van der Waals surface area contributed by atoms with Gasteiger partial charge in [0.25, 0.3) is 0 Å². The summed E-state index contributed by atoms with van der Waals surface area (Å²) in [6, 6.07) is 5.79. The van der Waals surface area contributed by atoms with E-state index in [1.54, 1.807) is 11.0 Å². The average molecular weight is 345 g/mol. The van der Waals surface area contributed by atoms with Crippen LogP contribution in [0.2, 0.25) is 10.0 Å². The molecule has 0 bridgehead atoms. The van der Waals surface area contributed by atoms with Crippen molar-refractivity contribution in [2.75, 3.05) is 24.5 Å². The molecule has 0 aliphatic carbocycles. The fraction of sp³-hybridized carbons (Fsp3) is 0.562. The highest BCUT2D eigenvalue weighted by atomic mass is 35.5. The van der Waals surface area contributed by atoms with E-state index in [4.69, 9.17) is 27.9 Å². The maximum absolute atomic E-state index is 12.1. The van der Waals surface area contributed by atoms with Crippen molar-refractivity contribution >= 4 is 35.0 Å². The van der Waals surface area contributed by atoms with Gasteiger partial charge in [-0.25, -0.2) is 4.79 Å². The van der Waals surface area contributed by atoms with Gasteiger partial charge in [0, 0.05) is 31.4 Å². The molecule has 0 N–H and O–H groups in total. The highest BCUT2D eigenvalue weighted by molar-refractivity contribution is 6.42. The predicted molar refractivity (Wildman–Crippen MR) is 91.1 cm³/mol. The van der Waals surface area contributed by atoms with Crippen molar-refractivity contribution in [3.05, 3.63) is 28.2 Å². The Morgan fingerprint density at radius 3 is 2.45 bits per heavy atom. The van der Waals surface area contributed by atoms with Crippen molar-refractivity contribution in [1.29, 1.82) is 0 Å². The second-order valence-electron chi connectivity index (χ2n) is 6.57. The molecule has 4 nitrogen and oxygen atoms in total. The van der Waals surface area contributed by atoms with Gasteiger partial charge in [-0.05, 0) is 45.9 Å². The lowest BCUT2D eigenvalue weighted by Gasteiger charge is -2.41. The van der Waals surface area contributed by atoms with Gasteiger partial charge in [-0.1, -0.05) is 23.2 Å².